The molecule has 0 bridgehead atoms. The summed E-state index contributed by atoms with van der Waals surface area (Å²) in [4.78, 5) is 31.1. The van der Waals surface area contributed by atoms with E-state index in [4.69, 9.17) is 34.3 Å². The second-order valence-electron chi connectivity index (χ2n) is 19.3. The van der Waals surface area contributed by atoms with Crippen molar-refractivity contribution < 1.29 is 4.42 Å². The van der Waals surface area contributed by atoms with Crippen LogP contribution in [0.25, 0.3) is 156 Å². The van der Waals surface area contributed by atoms with Gasteiger partial charge in [-0.25, -0.2) is 29.9 Å². The summed E-state index contributed by atoms with van der Waals surface area (Å²) in [5.41, 5.74) is 11.5. The fourth-order valence-corrected chi connectivity index (χ4v) is 11.3. The van der Waals surface area contributed by atoms with Crippen LogP contribution in [0.4, 0.5) is 0 Å². The molecule has 12 aromatic carbocycles. The van der Waals surface area contributed by atoms with E-state index in [-0.39, 0.29) is 0 Å². The van der Waals surface area contributed by atoms with Crippen molar-refractivity contribution in [2.45, 2.75) is 0 Å². The van der Waals surface area contributed by atoms with Gasteiger partial charge in [-0.15, -0.1) is 0 Å². The number of para-hydroxylation sites is 1. The van der Waals surface area contributed by atoms with E-state index in [1.807, 2.05) is 121 Å². The van der Waals surface area contributed by atoms with Crippen LogP contribution in [0.1, 0.15) is 0 Å². The van der Waals surface area contributed by atoms with E-state index in [1.165, 1.54) is 0 Å². The average molecular weight is 983 g/mol. The van der Waals surface area contributed by atoms with Crippen molar-refractivity contribution in [3.05, 3.63) is 255 Å². The second kappa shape index (κ2) is 18.2. The molecule has 0 saturated carbocycles. The Balaban J connectivity index is 0.920. The first kappa shape index (κ1) is 44.0. The van der Waals surface area contributed by atoms with E-state index in [1.54, 1.807) is 0 Å². The quantitative estimate of drug-likeness (QED) is 0.140. The number of furan rings is 1. The Morgan fingerprint density at radius 1 is 0.208 bits per heavy atom. The number of hydrogen-bond donors (Lipinski definition) is 0. The highest BCUT2D eigenvalue weighted by Crippen LogP contribution is 2.48. The van der Waals surface area contributed by atoms with Gasteiger partial charge in [0, 0.05) is 55.3 Å². The molecule has 358 valence electrons. The molecule has 0 saturated heterocycles. The Labute approximate surface area is 442 Å². The number of rotatable bonds is 8. The molecular formula is C70H42N6O. The number of fused-ring (bicyclic) bond motifs is 7. The fourth-order valence-electron chi connectivity index (χ4n) is 11.3. The Morgan fingerprint density at radius 2 is 0.519 bits per heavy atom. The molecule has 77 heavy (non-hydrogen) atoms. The standard InChI is InChI=1S/C70H42N6O/c1-5-22-43(23-6-1)65-71-66(44-24-7-2-8-25-44)74-69(73-65)62-53-34-17-13-30-49(53)60(50-31-14-18-35-54(50)62)47-40-41-48-57-38-21-39-58(64(57)77-59(48)42-47)61-51-32-15-19-36-55(51)63(56-37-20-16-33-52(56)61)70-75-67(45-26-9-3-10-27-45)72-68(76-70)46-28-11-4-12-29-46/h1-42H. The maximum Gasteiger partial charge on any atom is 0.165 e. The minimum Gasteiger partial charge on any atom is -0.455 e. The summed E-state index contributed by atoms with van der Waals surface area (Å²) in [7, 11) is 0. The van der Waals surface area contributed by atoms with Crippen molar-refractivity contribution in [1.29, 1.82) is 0 Å². The van der Waals surface area contributed by atoms with E-state index >= 15 is 0 Å². The lowest BCUT2D eigenvalue weighted by Gasteiger charge is -2.17. The van der Waals surface area contributed by atoms with Crippen LogP contribution in [0.15, 0.2) is 259 Å². The summed E-state index contributed by atoms with van der Waals surface area (Å²) in [5.74, 6) is 3.71. The van der Waals surface area contributed by atoms with Crippen molar-refractivity contribution in [3.63, 3.8) is 0 Å². The molecule has 0 fully saturated rings. The third-order valence-corrected chi connectivity index (χ3v) is 14.8. The zero-order chi connectivity index (χ0) is 50.8. The second-order valence-corrected chi connectivity index (χ2v) is 19.3. The van der Waals surface area contributed by atoms with Crippen LogP contribution in [-0.2, 0) is 0 Å². The molecule has 3 heterocycles. The predicted octanol–water partition coefficient (Wildman–Crippen LogP) is 17.9. The summed E-state index contributed by atoms with van der Waals surface area (Å²) in [6.45, 7) is 0. The average Bonchev–Trinajstić information content (AvgIpc) is 3.96. The Kier molecular flexibility index (Phi) is 10.4. The molecule has 15 rings (SSSR count). The van der Waals surface area contributed by atoms with E-state index in [9.17, 15) is 0 Å². The van der Waals surface area contributed by atoms with Gasteiger partial charge in [-0.1, -0.05) is 243 Å². The predicted molar refractivity (Wildman–Crippen MR) is 314 cm³/mol. The molecule has 0 aliphatic heterocycles. The lowest BCUT2D eigenvalue weighted by atomic mass is 9.87. The van der Waals surface area contributed by atoms with Gasteiger partial charge < -0.3 is 4.42 Å². The minimum atomic E-state index is 0.612. The van der Waals surface area contributed by atoms with Crippen LogP contribution in [0, 0.1) is 0 Å². The lowest BCUT2D eigenvalue weighted by Crippen LogP contribution is -2.01. The maximum absolute atomic E-state index is 7.21. The highest BCUT2D eigenvalue weighted by atomic mass is 16.3. The number of benzene rings is 12. The molecule has 7 heteroatoms. The summed E-state index contributed by atoms with van der Waals surface area (Å²) < 4.78 is 7.21. The van der Waals surface area contributed by atoms with E-state index < -0.39 is 0 Å². The van der Waals surface area contributed by atoms with Gasteiger partial charge in [0.15, 0.2) is 34.9 Å². The van der Waals surface area contributed by atoms with Gasteiger partial charge in [-0.2, -0.15) is 0 Å². The van der Waals surface area contributed by atoms with Gasteiger partial charge in [0.1, 0.15) is 11.2 Å². The van der Waals surface area contributed by atoms with Crippen LogP contribution < -0.4 is 0 Å². The minimum absolute atomic E-state index is 0.612. The molecule has 7 nitrogen and oxygen atoms in total. The molecule has 0 aliphatic carbocycles. The molecule has 0 radical (unpaired) electrons. The largest absolute Gasteiger partial charge is 0.455 e. The summed E-state index contributed by atoms with van der Waals surface area (Å²) in [5, 5.41) is 10.6. The van der Waals surface area contributed by atoms with Crippen LogP contribution in [-0.4, -0.2) is 29.9 Å². The van der Waals surface area contributed by atoms with Crippen LogP contribution in [0.5, 0.6) is 0 Å². The summed E-state index contributed by atoms with van der Waals surface area (Å²) >= 11 is 0. The number of nitrogens with zero attached hydrogens (tertiary/aromatic N) is 6. The van der Waals surface area contributed by atoms with Crippen molar-refractivity contribution in [1.82, 2.24) is 29.9 Å². The molecule has 0 N–H and O–H groups in total. The first-order chi connectivity index (χ1) is 38.2. The highest BCUT2D eigenvalue weighted by molar-refractivity contribution is 6.25. The Morgan fingerprint density at radius 3 is 0.896 bits per heavy atom. The number of aromatic nitrogens is 6. The van der Waals surface area contributed by atoms with Crippen LogP contribution >= 0.6 is 0 Å². The third kappa shape index (κ3) is 7.43. The van der Waals surface area contributed by atoms with Gasteiger partial charge in [0.25, 0.3) is 0 Å². The third-order valence-electron chi connectivity index (χ3n) is 14.8. The zero-order valence-corrected chi connectivity index (χ0v) is 41.3. The Hall–Kier alpha value is -10.5. The molecule has 0 amide bonds. The molecule has 15 aromatic rings. The van der Waals surface area contributed by atoms with Crippen molar-refractivity contribution in [2.24, 2.45) is 0 Å². The monoisotopic (exact) mass is 982 g/mol. The van der Waals surface area contributed by atoms with Gasteiger partial charge in [0.2, 0.25) is 0 Å². The van der Waals surface area contributed by atoms with E-state index in [0.29, 0.717) is 34.9 Å². The van der Waals surface area contributed by atoms with Crippen LogP contribution in [0.3, 0.4) is 0 Å². The molecule has 0 spiro atoms. The Bertz CT molecular complexity index is 4560. The van der Waals surface area contributed by atoms with Gasteiger partial charge in [0.05, 0.1) is 0 Å². The van der Waals surface area contributed by atoms with Crippen LogP contribution in [0.2, 0.25) is 0 Å². The smallest absolute Gasteiger partial charge is 0.165 e. The van der Waals surface area contributed by atoms with E-state index in [2.05, 4.69) is 133 Å². The maximum atomic E-state index is 7.21. The van der Waals surface area contributed by atoms with Crippen molar-refractivity contribution in [3.8, 4) is 90.6 Å². The zero-order valence-electron chi connectivity index (χ0n) is 41.3. The molecule has 0 aliphatic rings. The number of hydrogen-bond acceptors (Lipinski definition) is 7. The van der Waals surface area contributed by atoms with E-state index in [0.717, 1.165) is 121 Å². The first-order valence-electron chi connectivity index (χ1n) is 25.8. The van der Waals surface area contributed by atoms with Gasteiger partial charge in [-0.3, -0.25) is 0 Å². The lowest BCUT2D eigenvalue weighted by molar-refractivity contribution is 0.670. The van der Waals surface area contributed by atoms with Crippen molar-refractivity contribution in [2.75, 3.05) is 0 Å². The molecule has 0 atom stereocenters. The van der Waals surface area contributed by atoms with Gasteiger partial charge >= 0.3 is 0 Å². The molecular weight excluding hydrogens is 941 g/mol. The SMILES string of the molecule is c1ccc(-c2nc(-c3ccccc3)nc(-c3c4ccccc4c(-c4ccc5c(c4)oc4c(-c6c7ccccc7c(-c7nc(-c8ccccc8)nc(-c8ccccc8)n7)c7ccccc67)cccc45)c4ccccc34)n2)cc1. The summed E-state index contributed by atoms with van der Waals surface area (Å²) in [6, 6.07) is 88.2. The normalized spacial score (nSPS) is 11.6. The highest BCUT2D eigenvalue weighted by Gasteiger charge is 2.25. The molecule has 3 aromatic heterocycles. The summed E-state index contributed by atoms with van der Waals surface area (Å²) in [6.07, 6.45) is 0. The molecule has 0 unspecified atom stereocenters. The topological polar surface area (TPSA) is 90.5 Å². The van der Waals surface area contributed by atoms with Crippen molar-refractivity contribution >= 4 is 65.0 Å². The fraction of sp³-hybridized carbons (Fsp3) is 0. The van der Waals surface area contributed by atoms with Gasteiger partial charge in [-0.05, 0) is 66.3 Å². The first-order valence-corrected chi connectivity index (χ1v) is 25.8.